The predicted octanol–water partition coefficient (Wildman–Crippen LogP) is 2.27. The maximum atomic E-state index is 11.9. The van der Waals surface area contributed by atoms with Crippen molar-refractivity contribution in [2.24, 2.45) is 10.4 Å². The van der Waals surface area contributed by atoms with E-state index in [1.165, 1.54) is 0 Å². The minimum Gasteiger partial charge on any atom is -0.469 e. The van der Waals surface area contributed by atoms with E-state index in [0.717, 1.165) is 18.6 Å². The number of ether oxygens (including phenoxy) is 1. The van der Waals surface area contributed by atoms with Gasteiger partial charge in [-0.05, 0) is 25.5 Å². The van der Waals surface area contributed by atoms with Crippen LogP contribution in [0.5, 0.6) is 0 Å². The van der Waals surface area contributed by atoms with Crippen LogP contribution in [0.15, 0.2) is 27.8 Å². The Hall–Kier alpha value is -1.29. The number of hydrogen-bond donors (Lipinski definition) is 2. The van der Waals surface area contributed by atoms with Gasteiger partial charge in [0.05, 0.1) is 11.9 Å². The van der Waals surface area contributed by atoms with Crippen LogP contribution < -0.4 is 10.6 Å². The normalized spacial score (nSPS) is 23.8. The summed E-state index contributed by atoms with van der Waals surface area (Å²) in [4.78, 5) is 17.9. The molecule has 1 heterocycles. The number of carbonyl (C=O) groups excluding carboxylic acids is 1. The van der Waals surface area contributed by atoms with Gasteiger partial charge in [0.1, 0.15) is 12.3 Å². The summed E-state index contributed by atoms with van der Waals surface area (Å²) in [6.07, 6.45) is 3.30. The van der Waals surface area contributed by atoms with E-state index in [1.807, 2.05) is 12.1 Å². The molecule has 1 saturated carbocycles. The number of furan rings is 1. The molecule has 1 aliphatic carbocycles. The molecule has 1 aromatic heterocycles. The molecule has 1 amide bonds. The molecule has 2 unspecified atom stereocenters. The molecule has 7 nitrogen and oxygen atoms in total. The fourth-order valence-corrected chi connectivity index (χ4v) is 3.09. The zero-order valence-corrected chi connectivity index (χ0v) is 19.5. The molecule has 27 heavy (non-hydrogen) atoms. The summed E-state index contributed by atoms with van der Waals surface area (Å²) in [6.45, 7) is 7.27. The van der Waals surface area contributed by atoms with Gasteiger partial charge in [0.15, 0.2) is 5.96 Å². The lowest BCUT2D eigenvalue weighted by Crippen LogP contribution is -2.69. The standard InChI is InChI=1S/C19H32N4O3.HI/c1-18(2)15(12-19(18,3)25-6)22-17(21-13-16(24)23(4)5)20-10-9-14-8-7-11-26-14;/h7-8,11,15H,9-10,12-13H2,1-6H3,(H2,20,21,22);1H. The SMILES string of the molecule is COC1(C)CC(NC(=NCC(=O)N(C)C)NCCc2ccco2)C1(C)C.I. The Balaban J connectivity index is 0.00000364. The van der Waals surface area contributed by atoms with Gasteiger partial charge in [-0.1, -0.05) is 13.8 Å². The van der Waals surface area contributed by atoms with Gasteiger partial charge in [0.2, 0.25) is 5.91 Å². The average molecular weight is 492 g/mol. The van der Waals surface area contributed by atoms with Crippen molar-refractivity contribution in [3.63, 3.8) is 0 Å². The maximum absolute atomic E-state index is 11.9. The Morgan fingerprint density at radius 3 is 2.63 bits per heavy atom. The minimum absolute atomic E-state index is 0. The van der Waals surface area contributed by atoms with E-state index in [2.05, 4.69) is 36.4 Å². The Kier molecular flexibility index (Phi) is 8.59. The largest absolute Gasteiger partial charge is 0.469 e. The summed E-state index contributed by atoms with van der Waals surface area (Å²) in [5.74, 6) is 1.52. The molecule has 1 aromatic rings. The van der Waals surface area contributed by atoms with Crippen LogP contribution in [0, 0.1) is 5.41 Å². The van der Waals surface area contributed by atoms with Gasteiger partial charge in [-0.3, -0.25) is 4.79 Å². The first-order valence-corrected chi connectivity index (χ1v) is 9.02. The number of guanidine groups is 1. The molecule has 1 aliphatic rings. The minimum atomic E-state index is -0.163. The number of rotatable bonds is 7. The van der Waals surface area contributed by atoms with E-state index in [0.29, 0.717) is 12.5 Å². The van der Waals surface area contributed by atoms with Crippen LogP contribution in [-0.4, -0.2) is 62.7 Å². The summed E-state index contributed by atoms with van der Waals surface area (Å²) in [7, 11) is 5.22. The first kappa shape index (κ1) is 23.7. The molecular formula is C19H33IN4O3. The van der Waals surface area contributed by atoms with E-state index in [9.17, 15) is 4.79 Å². The van der Waals surface area contributed by atoms with Crippen molar-refractivity contribution in [1.29, 1.82) is 0 Å². The van der Waals surface area contributed by atoms with Crippen molar-refractivity contribution in [1.82, 2.24) is 15.5 Å². The van der Waals surface area contributed by atoms with Crippen LogP contribution >= 0.6 is 24.0 Å². The summed E-state index contributed by atoms with van der Waals surface area (Å²) in [5.41, 5.74) is -0.208. The second-order valence-electron chi connectivity index (χ2n) is 7.77. The number of aliphatic imine (C=N–C) groups is 1. The lowest BCUT2D eigenvalue weighted by Gasteiger charge is -2.59. The number of methoxy groups -OCH3 is 1. The van der Waals surface area contributed by atoms with Crippen LogP contribution in [0.3, 0.4) is 0 Å². The Bertz CT molecular complexity index is 631. The number of nitrogens with one attached hydrogen (secondary N) is 2. The average Bonchev–Trinajstić information content (AvgIpc) is 3.11. The smallest absolute Gasteiger partial charge is 0.243 e. The maximum Gasteiger partial charge on any atom is 0.243 e. The van der Waals surface area contributed by atoms with Gasteiger partial charge >= 0.3 is 0 Å². The number of likely N-dealkylation sites (N-methyl/N-ethyl adjacent to an activating group) is 1. The first-order valence-electron chi connectivity index (χ1n) is 9.02. The van der Waals surface area contributed by atoms with Crippen molar-refractivity contribution in [2.75, 3.05) is 34.3 Å². The first-order chi connectivity index (χ1) is 12.2. The van der Waals surface area contributed by atoms with Crippen molar-refractivity contribution in [2.45, 2.75) is 45.3 Å². The third kappa shape index (κ3) is 5.60. The van der Waals surface area contributed by atoms with Crippen LogP contribution in [0.4, 0.5) is 0 Å². The molecule has 0 saturated heterocycles. The van der Waals surface area contributed by atoms with Gasteiger partial charge in [-0.15, -0.1) is 24.0 Å². The topological polar surface area (TPSA) is 79.1 Å². The summed E-state index contributed by atoms with van der Waals surface area (Å²) >= 11 is 0. The molecule has 1 fully saturated rings. The van der Waals surface area contributed by atoms with Gasteiger partial charge in [0.25, 0.3) is 0 Å². The van der Waals surface area contributed by atoms with Crippen LogP contribution in [0.1, 0.15) is 33.0 Å². The molecule has 2 N–H and O–H groups in total. The van der Waals surface area contributed by atoms with E-state index in [4.69, 9.17) is 9.15 Å². The monoisotopic (exact) mass is 492 g/mol. The summed E-state index contributed by atoms with van der Waals surface area (Å²) < 4.78 is 11.0. The Morgan fingerprint density at radius 2 is 2.11 bits per heavy atom. The number of nitrogens with zero attached hydrogens (tertiary/aromatic N) is 2. The molecule has 0 aliphatic heterocycles. The van der Waals surface area contributed by atoms with Crippen molar-refractivity contribution in [3.05, 3.63) is 24.2 Å². The second-order valence-corrected chi connectivity index (χ2v) is 7.77. The highest BCUT2D eigenvalue weighted by atomic mass is 127. The van der Waals surface area contributed by atoms with Crippen LogP contribution in [0.25, 0.3) is 0 Å². The Morgan fingerprint density at radius 1 is 1.41 bits per heavy atom. The van der Waals surface area contributed by atoms with E-state index >= 15 is 0 Å². The van der Waals surface area contributed by atoms with Gasteiger partial charge in [-0.2, -0.15) is 0 Å². The number of amides is 1. The van der Waals surface area contributed by atoms with Gasteiger partial charge < -0.3 is 24.7 Å². The third-order valence-corrected chi connectivity index (χ3v) is 5.70. The fourth-order valence-electron chi connectivity index (χ4n) is 3.09. The quantitative estimate of drug-likeness (QED) is 0.347. The van der Waals surface area contributed by atoms with Crippen molar-refractivity contribution >= 4 is 35.8 Å². The van der Waals surface area contributed by atoms with E-state index in [1.54, 1.807) is 32.4 Å². The van der Waals surface area contributed by atoms with Crippen molar-refractivity contribution < 1.29 is 13.9 Å². The molecular weight excluding hydrogens is 459 g/mol. The van der Waals surface area contributed by atoms with E-state index < -0.39 is 0 Å². The highest BCUT2D eigenvalue weighted by Crippen LogP contribution is 2.51. The highest BCUT2D eigenvalue weighted by molar-refractivity contribution is 14.0. The van der Waals surface area contributed by atoms with Gasteiger partial charge in [-0.25, -0.2) is 4.99 Å². The molecule has 154 valence electrons. The zero-order valence-electron chi connectivity index (χ0n) is 17.2. The number of halogens is 1. The van der Waals surface area contributed by atoms with Crippen LogP contribution in [0.2, 0.25) is 0 Å². The molecule has 2 rings (SSSR count). The lowest BCUT2D eigenvalue weighted by atomic mass is 9.56. The molecule has 2 atom stereocenters. The predicted molar refractivity (Wildman–Crippen MR) is 118 cm³/mol. The summed E-state index contributed by atoms with van der Waals surface area (Å²) in [6, 6.07) is 4.04. The molecule has 8 heteroatoms. The molecule has 0 aromatic carbocycles. The van der Waals surface area contributed by atoms with Crippen molar-refractivity contribution in [3.8, 4) is 0 Å². The van der Waals surface area contributed by atoms with Crippen LogP contribution in [-0.2, 0) is 16.0 Å². The molecule has 0 bridgehead atoms. The Labute approximate surface area is 179 Å². The molecule has 0 spiro atoms. The van der Waals surface area contributed by atoms with Gasteiger partial charge in [0, 0.05) is 45.6 Å². The lowest BCUT2D eigenvalue weighted by molar-refractivity contribution is -0.176. The van der Waals surface area contributed by atoms with E-state index in [-0.39, 0.29) is 53.5 Å². The third-order valence-electron chi connectivity index (χ3n) is 5.70. The highest BCUT2D eigenvalue weighted by Gasteiger charge is 2.58. The zero-order chi connectivity index (χ0) is 19.4. The molecule has 0 radical (unpaired) electrons. The number of hydrogen-bond acceptors (Lipinski definition) is 4. The second kappa shape index (κ2) is 9.77. The number of carbonyl (C=O) groups is 1. The summed E-state index contributed by atoms with van der Waals surface area (Å²) in [5, 5.41) is 6.77. The fraction of sp³-hybridized carbons (Fsp3) is 0.684.